The average Bonchev–Trinajstić information content (AvgIpc) is 2.49. The first-order chi connectivity index (χ1) is 10.9. The molecule has 2 heterocycles. The molecule has 1 aromatic rings. The van der Waals surface area contributed by atoms with Crippen LogP contribution in [-0.4, -0.2) is 35.7 Å². The highest BCUT2D eigenvalue weighted by Crippen LogP contribution is 2.45. The van der Waals surface area contributed by atoms with Gasteiger partial charge in [0.15, 0.2) is 0 Å². The summed E-state index contributed by atoms with van der Waals surface area (Å²) in [5.41, 5.74) is 5.43. The molecule has 5 N–H and O–H groups in total. The zero-order chi connectivity index (χ0) is 16.6. The predicted octanol–water partition coefficient (Wildman–Crippen LogP) is 1.77. The predicted molar refractivity (Wildman–Crippen MR) is 86.5 cm³/mol. The van der Waals surface area contributed by atoms with E-state index in [1.54, 1.807) is 6.07 Å². The molecule has 0 aromatic heterocycles. The maximum Gasteiger partial charge on any atom is 0.406 e. The molecular weight excluding hydrogens is 321 g/mol. The molecule has 3 rings (SSSR count). The maximum absolute atomic E-state index is 14.5. The topological polar surface area (TPSA) is 96.6 Å². The third-order valence-corrected chi connectivity index (χ3v) is 5.71. The lowest BCUT2D eigenvalue weighted by Gasteiger charge is -2.52. The van der Waals surface area contributed by atoms with Crippen molar-refractivity contribution in [3.8, 4) is 0 Å². The highest BCUT2D eigenvalue weighted by Gasteiger charge is 2.51. The highest BCUT2D eigenvalue weighted by atomic mass is 32.2. The van der Waals surface area contributed by atoms with Crippen molar-refractivity contribution in [2.75, 3.05) is 24.7 Å². The lowest BCUT2D eigenvalue weighted by Crippen LogP contribution is -2.66. The molecule has 8 heteroatoms. The van der Waals surface area contributed by atoms with Gasteiger partial charge in [0.2, 0.25) is 0 Å². The Morgan fingerprint density at radius 1 is 1.61 bits per heavy atom. The van der Waals surface area contributed by atoms with Gasteiger partial charge in [-0.1, -0.05) is 6.92 Å². The summed E-state index contributed by atoms with van der Waals surface area (Å²) in [6.45, 7) is 2.95. The van der Waals surface area contributed by atoms with Crippen molar-refractivity contribution in [1.82, 2.24) is 10.6 Å². The van der Waals surface area contributed by atoms with E-state index in [1.807, 2.05) is 0 Å². The van der Waals surface area contributed by atoms with Gasteiger partial charge in [-0.2, -0.15) is 0 Å². The number of rotatable bonds is 2. The van der Waals surface area contributed by atoms with Gasteiger partial charge >= 0.3 is 6.09 Å². The largest absolute Gasteiger partial charge is 0.465 e. The Labute approximate surface area is 138 Å². The number of thioether (sulfide) groups is 1. The lowest BCUT2D eigenvalue weighted by molar-refractivity contribution is -0.0574. The number of fused-ring (bicyclic) bond motifs is 1. The molecule has 6 nitrogen and oxygen atoms in total. The molecule has 2 saturated heterocycles. The van der Waals surface area contributed by atoms with Crippen LogP contribution in [0, 0.1) is 17.7 Å². The minimum absolute atomic E-state index is 0.115. The van der Waals surface area contributed by atoms with E-state index < -0.39 is 17.1 Å². The number of hydrogen-bond acceptors (Lipinski definition) is 5. The molecule has 0 aliphatic carbocycles. The van der Waals surface area contributed by atoms with Gasteiger partial charge in [0.1, 0.15) is 11.3 Å². The lowest BCUT2D eigenvalue weighted by atomic mass is 9.71. The highest BCUT2D eigenvalue weighted by molar-refractivity contribution is 7.99. The molecule has 23 heavy (non-hydrogen) atoms. The number of amides is 1. The second-order valence-electron chi connectivity index (χ2n) is 6.12. The van der Waals surface area contributed by atoms with E-state index in [0.717, 1.165) is 0 Å². The molecule has 0 spiro atoms. The quantitative estimate of drug-likeness (QED) is 0.612. The zero-order valence-electron chi connectivity index (χ0n) is 12.7. The van der Waals surface area contributed by atoms with Crippen LogP contribution in [0.15, 0.2) is 18.2 Å². The molecule has 1 amide bonds. The van der Waals surface area contributed by atoms with Crippen molar-refractivity contribution < 1.29 is 19.0 Å². The summed E-state index contributed by atoms with van der Waals surface area (Å²) >= 11 is 1.47. The van der Waals surface area contributed by atoms with Gasteiger partial charge in [-0.15, -0.1) is 11.8 Å². The van der Waals surface area contributed by atoms with E-state index in [0.29, 0.717) is 23.6 Å². The van der Waals surface area contributed by atoms with E-state index in [4.69, 9.17) is 15.6 Å². The summed E-state index contributed by atoms with van der Waals surface area (Å²) in [6, 6.07) is 4.48. The van der Waals surface area contributed by atoms with Gasteiger partial charge in [0.05, 0.1) is 12.1 Å². The molecule has 1 aromatic carbocycles. The van der Waals surface area contributed by atoms with Crippen LogP contribution >= 0.6 is 11.8 Å². The first-order valence-corrected chi connectivity index (χ1v) is 8.49. The van der Waals surface area contributed by atoms with Crippen molar-refractivity contribution in [2.24, 2.45) is 11.8 Å². The van der Waals surface area contributed by atoms with Crippen molar-refractivity contribution in [3.05, 3.63) is 29.6 Å². The average molecular weight is 341 g/mol. The number of ether oxygens (including phenoxy) is 1. The molecule has 2 aliphatic rings. The monoisotopic (exact) mass is 341 g/mol. The minimum atomic E-state index is -1.12. The molecule has 1 unspecified atom stereocenters. The molecule has 2 aliphatic heterocycles. The van der Waals surface area contributed by atoms with Gasteiger partial charge < -0.3 is 15.6 Å². The third-order valence-electron chi connectivity index (χ3n) is 4.59. The Bertz CT molecular complexity index is 618. The number of anilines is 1. The Kier molecular flexibility index (Phi) is 4.39. The number of hydrogen-bond donors (Lipinski definition) is 4. The van der Waals surface area contributed by atoms with Gasteiger partial charge in [-0.25, -0.2) is 9.18 Å². The molecule has 4 atom stereocenters. The Hall–Kier alpha value is -1.51. The van der Waals surface area contributed by atoms with Crippen LogP contribution in [0.3, 0.4) is 0 Å². The summed E-state index contributed by atoms with van der Waals surface area (Å²) in [5, 5.41) is 14.7. The Morgan fingerprint density at radius 2 is 2.39 bits per heavy atom. The van der Waals surface area contributed by atoms with E-state index in [2.05, 4.69) is 17.6 Å². The molecule has 0 bridgehead atoms. The van der Waals surface area contributed by atoms with Gasteiger partial charge in [0.25, 0.3) is 0 Å². The van der Waals surface area contributed by atoms with Crippen LogP contribution in [0.4, 0.5) is 14.9 Å². The minimum Gasteiger partial charge on any atom is -0.465 e. The number of nitrogens with one attached hydrogen (secondary N) is 2. The van der Waals surface area contributed by atoms with Crippen molar-refractivity contribution in [3.63, 3.8) is 0 Å². The van der Waals surface area contributed by atoms with Crippen molar-refractivity contribution in [2.45, 2.75) is 18.0 Å². The second-order valence-corrected chi connectivity index (χ2v) is 7.25. The van der Waals surface area contributed by atoms with E-state index in [1.165, 1.54) is 23.9 Å². The standard InChI is InChI=1S/C15H20FN3O3S/c1-8-5-22-7-15(10-4-9(17)2-3-12(10)16)11(8)6-23-13(19-15)18-14(20)21/h2-4,8,11,13,18-19H,5-7,17H2,1H3,(H,20,21)/t8-,11-,13?,15-/m1/s1. The molecule has 0 saturated carbocycles. The summed E-state index contributed by atoms with van der Waals surface area (Å²) in [7, 11) is 0. The van der Waals surface area contributed by atoms with Gasteiger partial charge in [0, 0.05) is 23.6 Å². The van der Waals surface area contributed by atoms with Crippen LogP contribution in [0.2, 0.25) is 0 Å². The maximum atomic E-state index is 14.5. The number of carbonyl (C=O) groups is 1. The third kappa shape index (κ3) is 2.98. The van der Waals surface area contributed by atoms with E-state index >= 15 is 0 Å². The van der Waals surface area contributed by atoms with Crippen LogP contribution in [0.1, 0.15) is 12.5 Å². The van der Waals surface area contributed by atoms with Gasteiger partial charge in [-0.3, -0.25) is 10.6 Å². The number of nitrogen functional groups attached to an aromatic ring is 1. The normalized spacial score (nSPS) is 33.7. The number of carboxylic acid groups (broad SMARTS) is 1. The fraction of sp³-hybridized carbons (Fsp3) is 0.533. The summed E-state index contributed by atoms with van der Waals surface area (Å²) in [4.78, 5) is 11.0. The number of benzene rings is 1. The van der Waals surface area contributed by atoms with Gasteiger partial charge in [-0.05, 0) is 30.0 Å². The molecule has 2 fully saturated rings. The zero-order valence-corrected chi connectivity index (χ0v) is 13.5. The Balaban J connectivity index is 2.03. The Morgan fingerprint density at radius 3 is 3.13 bits per heavy atom. The number of nitrogens with two attached hydrogens (primary N) is 1. The first kappa shape index (κ1) is 16.4. The SMILES string of the molecule is C[C@@H]1COC[C@]2(c3cc(N)ccc3F)NC(NC(=O)O)SC[C@H]12. The van der Waals surface area contributed by atoms with E-state index in [-0.39, 0.29) is 24.3 Å². The van der Waals surface area contributed by atoms with E-state index in [9.17, 15) is 9.18 Å². The smallest absolute Gasteiger partial charge is 0.406 e. The van der Waals surface area contributed by atoms with Crippen molar-refractivity contribution in [1.29, 1.82) is 0 Å². The molecule has 0 radical (unpaired) electrons. The molecule has 126 valence electrons. The van der Waals surface area contributed by atoms with Crippen LogP contribution < -0.4 is 16.4 Å². The first-order valence-electron chi connectivity index (χ1n) is 7.44. The van der Waals surface area contributed by atoms with Crippen LogP contribution in [-0.2, 0) is 10.3 Å². The second kappa shape index (κ2) is 6.18. The summed E-state index contributed by atoms with van der Waals surface area (Å²) in [5.74, 6) is 0.673. The molecular formula is C15H20FN3O3S. The van der Waals surface area contributed by atoms with Crippen LogP contribution in [0.25, 0.3) is 0 Å². The number of halogens is 1. The fourth-order valence-corrected chi connectivity index (χ4v) is 4.97. The van der Waals surface area contributed by atoms with Crippen molar-refractivity contribution >= 4 is 23.5 Å². The summed E-state index contributed by atoms with van der Waals surface area (Å²) < 4.78 is 20.2. The summed E-state index contributed by atoms with van der Waals surface area (Å²) in [6.07, 6.45) is -1.12. The van der Waals surface area contributed by atoms with Crippen LogP contribution in [0.5, 0.6) is 0 Å². The fourth-order valence-electron chi connectivity index (χ4n) is 3.48.